The molecule has 0 spiro atoms. The zero-order valence-electron chi connectivity index (χ0n) is 20.2. The number of aromatic nitrogens is 1. The fourth-order valence-electron chi connectivity index (χ4n) is 5.67. The number of aromatic amines is 1. The van der Waals surface area contributed by atoms with Crippen LogP contribution >= 0.6 is 0 Å². The fourth-order valence-corrected chi connectivity index (χ4v) is 5.67. The monoisotopic (exact) mass is 461 g/mol. The molecule has 7 nitrogen and oxygen atoms in total. The van der Waals surface area contributed by atoms with Crippen LogP contribution in [0.25, 0.3) is 10.9 Å². The van der Waals surface area contributed by atoms with E-state index in [1.807, 2.05) is 57.2 Å². The van der Waals surface area contributed by atoms with Gasteiger partial charge in [0.25, 0.3) is 5.91 Å². The Bertz CT molecular complexity index is 1270. The molecule has 3 aromatic rings. The zero-order chi connectivity index (χ0) is 24.0. The van der Waals surface area contributed by atoms with Crippen molar-refractivity contribution < 1.29 is 19.1 Å². The average Bonchev–Trinajstić information content (AvgIpc) is 3.24. The molecule has 178 valence electrons. The molecule has 1 aromatic heterocycles. The summed E-state index contributed by atoms with van der Waals surface area (Å²) < 4.78 is 11.7. The van der Waals surface area contributed by atoms with E-state index < -0.39 is 5.54 Å². The van der Waals surface area contributed by atoms with E-state index in [-0.39, 0.29) is 24.3 Å². The first-order chi connectivity index (χ1) is 16.4. The van der Waals surface area contributed by atoms with Gasteiger partial charge < -0.3 is 24.3 Å². The maximum Gasteiger partial charge on any atom is 0.254 e. The minimum absolute atomic E-state index is 0.0316. The number of benzene rings is 2. The van der Waals surface area contributed by atoms with Gasteiger partial charge in [-0.05, 0) is 38.0 Å². The van der Waals surface area contributed by atoms with E-state index in [0.29, 0.717) is 31.2 Å². The molecular formula is C27H31N3O4. The van der Waals surface area contributed by atoms with Crippen LogP contribution in [0.5, 0.6) is 11.5 Å². The molecule has 2 aliphatic heterocycles. The van der Waals surface area contributed by atoms with Crippen molar-refractivity contribution in [3.05, 3.63) is 59.3 Å². The van der Waals surface area contributed by atoms with Crippen molar-refractivity contribution in [3.8, 4) is 11.5 Å². The predicted molar refractivity (Wildman–Crippen MR) is 130 cm³/mol. The molecule has 2 unspecified atom stereocenters. The third-order valence-corrected chi connectivity index (χ3v) is 7.20. The summed E-state index contributed by atoms with van der Waals surface area (Å²) in [6.07, 6.45) is 0.804. The number of H-pyrrole nitrogens is 1. The van der Waals surface area contributed by atoms with Crippen LogP contribution in [0.3, 0.4) is 0 Å². The second-order valence-electron chi connectivity index (χ2n) is 9.13. The SMILES string of the molecule is CCCN1CC(=O)N2CC(c3cccc(OC)c3OCC)c3c([nH]c4ccccc34)C2(C)C1=O. The number of rotatable bonds is 6. The number of methoxy groups -OCH3 is 1. The van der Waals surface area contributed by atoms with E-state index in [4.69, 9.17) is 9.47 Å². The molecule has 5 rings (SSSR count). The van der Waals surface area contributed by atoms with Crippen LogP contribution in [0.2, 0.25) is 0 Å². The van der Waals surface area contributed by atoms with Crippen LogP contribution in [0, 0.1) is 0 Å². The molecule has 1 saturated heterocycles. The molecule has 2 amide bonds. The summed E-state index contributed by atoms with van der Waals surface area (Å²) in [4.78, 5) is 34.3. The number of ether oxygens (including phenoxy) is 2. The largest absolute Gasteiger partial charge is 0.493 e. The summed E-state index contributed by atoms with van der Waals surface area (Å²) in [5.41, 5.74) is 2.65. The lowest BCUT2D eigenvalue weighted by atomic mass is 9.76. The molecule has 7 heteroatoms. The number of fused-ring (bicyclic) bond motifs is 5. The number of carbonyl (C=O) groups excluding carboxylic acids is 2. The van der Waals surface area contributed by atoms with Gasteiger partial charge in [-0.25, -0.2) is 0 Å². The predicted octanol–water partition coefficient (Wildman–Crippen LogP) is 4.02. The van der Waals surface area contributed by atoms with Gasteiger partial charge in [-0.2, -0.15) is 0 Å². The Morgan fingerprint density at radius 1 is 1.12 bits per heavy atom. The van der Waals surface area contributed by atoms with E-state index in [9.17, 15) is 9.59 Å². The van der Waals surface area contributed by atoms with Crippen LogP contribution in [-0.2, 0) is 15.1 Å². The maximum atomic E-state index is 13.8. The Balaban J connectivity index is 1.78. The normalized spacial score (nSPS) is 22.1. The highest BCUT2D eigenvalue weighted by Crippen LogP contribution is 2.50. The third-order valence-electron chi connectivity index (χ3n) is 7.20. The lowest BCUT2D eigenvalue weighted by molar-refractivity contribution is -0.166. The number of piperazine rings is 1. The lowest BCUT2D eigenvalue weighted by Gasteiger charge is -2.51. The first-order valence-electron chi connectivity index (χ1n) is 12.0. The minimum atomic E-state index is -1.08. The smallest absolute Gasteiger partial charge is 0.254 e. The Hall–Kier alpha value is -3.48. The van der Waals surface area contributed by atoms with Crippen molar-refractivity contribution in [2.24, 2.45) is 0 Å². The van der Waals surface area contributed by atoms with Gasteiger partial charge in [-0.3, -0.25) is 9.59 Å². The van der Waals surface area contributed by atoms with E-state index in [2.05, 4.69) is 11.1 Å². The van der Waals surface area contributed by atoms with Gasteiger partial charge in [0.15, 0.2) is 17.0 Å². The Morgan fingerprint density at radius 3 is 2.65 bits per heavy atom. The van der Waals surface area contributed by atoms with Gasteiger partial charge in [0, 0.05) is 35.5 Å². The molecular weight excluding hydrogens is 430 g/mol. The number of hydrogen-bond donors (Lipinski definition) is 1. The first kappa shape index (κ1) is 22.3. The number of para-hydroxylation sites is 2. The van der Waals surface area contributed by atoms with E-state index >= 15 is 0 Å². The van der Waals surface area contributed by atoms with Crippen molar-refractivity contribution in [2.45, 2.75) is 38.6 Å². The summed E-state index contributed by atoms with van der Waals surface area (Å²) in [6.45, 7) is 7.41. The van der Waals surface area contributed by atoms with E-state index in [0.717, 1.165) is 34.1 Å². The van der Waals surface area contributed by atoms with Gasteiger partial charge in [-0.1, -0.05) is 37.3 Å². The Morgan fingerprint density at radius 2 is 1.91 bits per heavy atom. The minimum Gasteiger partial charge on any atom is -0.493 e. The highest BCUT2D eigenvalue weighted by atomic mass is 16.5. The molecule has 2 atom stereocenters. The quantitative estimate of drug-likeness (QED) is 0.602. The van der Waals surface area contributed by atoms with Crippen molar-refractivity contribution >= 4 is 22.7 Å². The zero-order valence-corrected chi connectivity index (χ0v) is 20.2. The van der Waals surface area contributed by atoms with Crippen LogP contribution in [0.15, 0.2) is 42.5 Å². The molecule has 0 saturated carbocycles. The average molecular weight is 462 g/mol. The van der Waals surface area contributed by atoms with Gasteiger partial charge in [0.2, 0.25) is 5.91 Å². The molecule has 3 heterocycles. The second kappa shape index (κ2) is 8.38. The van der Waals surface area contributed by atoms with Crippen molar-refractivity contribution in [1.29, 1.82) is 0 Å². The lowest BCUT2D eigenvalue weighted by Crippen LogP contribution is -2.67. The fraction of sp³-hybridized carbons (Fsp3) is 0.407. The summed E-state index contributed by atoms with van der Waals surface area (Å²) in [5, 5.41) is 1.06. The molecule has 1 fully saturated rings. The topological polar surface area (TPSA) is 74.9 Å². The van der Waals surface area contributed by atoms with E-state index in [1.54, 1.807) is 16.9 Å². The number of carbonyl (C=O) groups is 2. The van der Waals surface area contributed by atoms with Crippen LogP contribution in [0.4, 0.5) is 0 Å². The Kier molecular flexibility index (Phi) is 5.50. The summed E-state index contributed by atoms with van der Waals surface area (Å²) in [5.74, 6) is 1.09. The van der Waals surface area contributed by atoms with Gasteiger partial charge in [0.05, 0.1) is 26.0 Å². The number of hydrogen-bond acceptors (Lipinski definition) is 4. The molecule has 1 N–H and O–H groups in total. The second-order valence-corrected chi connectivity index (χ2v) is 9.13. The third kappa shape index (κ3) is 3.10. The molecule has 2 aliphatic rings. The van der Waals surface area contributed by atoms with Crippen molar-refractivity contribution in [2.75, 3.05) is 33.4 Å². The number of nitrogens with zero attached hydrogens (tertiary/aromatic N) is 2. The highest BCUT2D eigenvalue weighted by Gasteiger charge is 2.56. The summed E-state index contributed by atoms with van der Waals surface area (Å²) in [6, 6.07) is 14.0. The van der Waals surface area contributed by atoms with Crippen LogP contribution < -0.4 is 9.47 Å². The molecule has 0 bridgehead atoms. The molecule has 0 radical (unpaired) electrons. The first-order valence-corrected chi connectivity index (χ1v) is 12.0. The molecule has 0 aliphatic carbocycles. The highest BCUT2D eigenvalue weighted by molar-refractivity contribution is 6.01. The van der Waals surface area contributed by atoms with Crippen LogP contribution in [-0.4, -0.2) is 59.9 Å². The van der Waals surface area contributed by atoms with Crippen molar-refractivity contribution in [1.82, 2.24) is 14.8 Å². The molecule has 34 heavy (non-hydrogen) atoms. The van der Waals surface area contributed by atoms with E-state index in [1.165, 1.54) is 0 Å². The maximum absolute atomic E-state index is 13.8. The molecule has 2 aromatic carbocycles. The van der Waals surface area contributed by atoms with Gasteiger partial charge in [0.1, 0.15) is 0 Å². The van der Waals surface area contributed by atoms with Crippen molar-refractivity contribution in [3.63, 3.8) is 0 Å². The van der Waals surface area contributed by atoms with Gasteiger partial charge in [-0.15, -0.1) is 0 Å². The summed E-state index contributed by atoms with van der Waals surface area (Å²) >= 11 is 0. The standard InChI is InChI=1S/C27H31N3O4/c1-5-14-29-16-22(31)30-15-19(17-11-9-13-21(33-4)24(17)34-6-2)23-18-10-7-8-12-20(18)28-25(23)27(30,3)26(29)32/h7-13,19,28H,5-6,14-16H2,1-4H3. The summed E-state index contributed by atoms with van der Waals surface area (Å²) in [7, 11) is 1.63. The Labute approximate surface area is 199 Å². The number of nitrogens with one attached hydrogen (secondary N) is 1. The van der Waals surface area contributed by atoms with Gasteiger partial charge >= 0.3 is 0 Å². The number of amides is 2. The van der Waals surface area contributed by atoms with Crippen LogP contribution in [0.1, 0.15) is 49.9 Å².